The summed E-state index contributed by atoms with van der Waals surface area (Å²) in [5.74, 6) is -1.35. The van der Waals surface area contributed by atoms with E-state index in [4.69, 9.17) is 10.4 Å². The van der Waals surface area contributed by atoms with Crippen LogP contribution in [0.3, 0.4) is 0 Å². The maximum atomic E-state index is 12.3. The molecule has 0 aromatic carbocycles. The summed E-state index contributed by atoms with van der Waals surface area (Å²) in [7, 11) is 0. The van der Waals surface area contributed by atoms with E-state index in [1.165, 1.54) is 6.07 Å². The van der Waals surface area contributed by atoms with E-state index in [0.29, 0.717) is 6.07 Å². The van der Waals surface area contributed by atoms with Crippen molar-refractivity contribution in [2.75, 3.05) is 0 Å². The van der Waals surface area contributed by atoms with Crippen molar-refractivity contribution in [1.82, 2.24) is 4.98 Å². The molecular weight excluding hydrogens is 235 g/mol. The van der Waals surface area contributed by atoms with Gasteiger partial charge in [-0.1, -0.05) is 0 Å². The predicted octanol–water partition coefficient (Wildman–Crippen LogP) is 2.62. The summed E-state index contributed by atoms with van der Waals surface area (Å²) < 4.78 is 61.0. The Bertz CT molecular complexity index is 448. The van der Waals surface area contributed by atoms with Crippen LogP contribution in [0.1, 0.15) is 23.4 Å². The Kier molecular flexibility index (Phi) is 2.98. The smallest absolute Gasteiger partial charge is 0.437 e. The molecule has 0 bridgehead atoms. The normalized spacial score (nSPS) is 11.6. The zero-order valence-corrected chi connectivity index (χ0v) is 7.39. The number of rotatable bonds is 1. The van der Waals surface area contributed by atoms with Crippen LogP contribution in [0.25, 0.3) is 0 Å². The maximum absolute atomic E-state index is 12.3. The number of alkyl halides is 5. The largest absolute Gasteiger partial charge is 0.506 e. The molecule has 0 radical (unpaired) electrons. The van der Waals surface area contributed by atoms with Gasteiger partial charge in [-0.2, -0.15) is 18.4 Å². The van der Waals surface area contributed by atoms with Gasteiger partial charge in [0.25, 0.3) is 6.43 Å². The van der Waals surface area contributed by atoms with Gasteiger partial charge in [0.1, 0.15) is 17.5 Å². The number of pyridine rings is 1. The van der Waals surface area contributed by atoms with E-state index < -0.39 is 35.3 Å². The number of hydrogen-bond donors (Lipinski definition) is 1. The molecule has 0 amide bonds. The van der Waals surface area contributed by atoms with Crippen LogP contribution in [0.2, 0.25) is 0 Å². The van der Waals surface area contributed by atoms with Crippen molar-refractivity contribution in [3.8, 4) is 11.8 Å². The lowest BCUT2D eigenvalue weighted by Gasteiger charge is -2.10. The van der Waals surface area contributed by atoms with Crippen molar-refractivity contribution in [1.29, 1.82) is 5.26 Å². The summed E-state index contributed by atoms with van der Waals surface area (Å²) in [5, 5.41) is 17.3. The first-order valence-electron chi connectivity index (χ1n) is 3.76. The number of nitrogens with zero attached hydrogens (tertiary/aromatic N) is 2. The fraction of sp³-hybridized carbons (Fsp3) is 0.250. The molecule has 1 N–H and O–H groups in total. The van der Waals surface area contributed by atoms with Crippen LogP contribution in [0.5, 0.6) is 5.75 Å². The van der Waals surface area contributed by atoms with E-state index in [1.54, 1.807) is 0 Å². The maximum Gasteiger partial charge on any atom is 0.437 e. The highest BCUT2D eigenvalue weighted by Crippen LogP contribution is 2.36. The average molecular weight is 238 g/mol. The number of nitriles is 1. The standard InChI is InChI=1S/C8H3F5N2O/c9-7(10)5-3(2-14)1-4(16)6(15-5)8(11,12)13/h1,7,16H. The van der Waals surface area contributed by atoms with E-state index in [1.807, 2.05) is 0 Å². The summed E-state index contributed by atoms with van der Waals surface area (Å²) in [4.78, 5) is 2.57. The molecule has 0 unspecified atom stereocenters. The minimum Gasteiger partial charge on any atom is -0.506 e. The molecule has 0 fully saturated rings. The first-order chi connectivity index (χ1) is 7.27. The number of hydrogen-bond acceptors (Lipinski definition) is 3. The number of aromatic hydroxyl groups is 1. The van der Waals surface area contributed by atoms with Crippen LogP contribution in [-0.2, 0) is 6.18 Å². The van der Waals surface area contributed by atoms with Crippen molar-refractivity contribution < 1.29 is 27.1 Å². The van der Waals surface area contributed by atoms with E-state index in [2.05, 4.69) is 4.98 Å². The molecule has 1 aromatic rings. The van der Waals surface area contributed by atoms with Gasteiger partial charge >= 0.3 is 6.18 Å². The van der Waals surface area contributed by atoms with Gasteiger partial charge in [-0.15, -0.1) is 0 Å². The Hall–Kier alpha value is -1.91. The van der Waals surface area contributed by atoms with Gasteiger partial charge in [-0.05, 0) is 0 Å². The third-order valence-corrected chi connectivity index (χ3v) is 1.63. The van der Waals surface area contributed by atoms with Gasteiger partial charge in [0.05, 0.1) is 5.56 Å². The topological polar surface area (TPSA) is 56.9 Å². The highest BCUT2D eigenvalue weighted by molar-refractivity contribution is 5.43. The van der Waals surface area contributed by atoms with E-state index >= 15 is 0 Å². The Labute approximate surface area is 85.8 Å². The minimum absolute atomic E-state index is 0.317. The molecule has 8 heteroatoms. The average Bonchev–Trinajstić information content (AvgIpc) is 2.14. The Morgan fingerprint density at radius 3 is 2.31 bits per heavy atom. The summed E-state index contributed by atoms with van der Waals surface area (Å²) in [6.07, 6.45) is -8.38. The third kappa shape index (κ3) is 2.18. The molecule has 1 heterocycles. The van der Waals surface area contributed by atoms with Crippen molar-refractivity contribution in [3.63, 3.8) is 0 Å². The predicted molar refractivity (Wildman–Crippen MR) is 40.6 cm³/mol. The first kappa shape index (κ1) is 12.2. The van der Waals surface area contributed by atoms with Crippen LogP contribution in [-0.4, -0.2) is 10.1 Å². The van der Waals surface area contributed by atoms with Crippen molar-refractivity contribution in [2.24, 2.45) is 0 Å². The zero-order valence-electron chi connectivity index (χ0n) is 7.39. The van der Waals surface area contributed by atoms with E-state index in [-0.39, 0.29) is 0 Å². The van der Waals surface area contributed by atoms with E-state index in [9.17, 15) is 22.0 Å². The molecule has 1 rings (SSSR count). The zero-order chi connectivity index (χ0) is 12.5. The second kappa shape index (κ2) is 3.92. The summed E-state index contributed by atoms with van der Waals surface area (Å²) >= 11 is 0. The molecule has 0 saturated carbocycles. The third-order valence-electron chi connectivity index (χ3n) is 1.63. The van der Waals surface area contributed by atoms with Crippen LogP contribution in [0.15, 0.2) is 6.07 Å². The SMILES string of the molecule is N#Cc1cc(O)c(C(F)(F)F)nc1C(F)F. The van der Waals surface area contributed by atoms with Gasteiger partial charge < -0.3 is 5.11 Å². The first-order valence-corrected chi connectivity index (χ1v) is 3.76. The van der Waals surface area contributed by atoms with Gasteiger partial charge in [0.15, 0.2) is 5.69 Å². The number of aromatic nitrogens is 1. The van der Waals surface area contributed by atoms with Gasteiger partial charge in [0, 0.05) is 6.07 Å². The van der Waals surface area contributed by atoms with Crippen LogP contribution in [0.4, 0.5) is 22.0 Å². The molecule has 0 aliphatic carbocycles. The van der Waals surface area contributed by atoms with Crippen molar-refractivity contribution in [3.05, 3.63) is 23.0 Å². The Balaban J connectivity index is 3.47. The number of halogens is 5. The molecule has 0 saturated heterocycles. The quantitative estimate of drug-likeness (QED) is 0.765. The van der Waals surface area contributed by atoms with Crippen LogP contribution < -0.4 is 0 Å². The molecule has 0 atom stereocenters. The lowest BCUT2D eigenvalue weighted by Crippen LogP contribution is -2.11. The van der Waals surface area contributed by atoms with Crippen LogP contribution in [0, 0.1) is 11.3 Å². The second-order valence-corrected chi connectivity index (χ2v) is 2.70. The molecule has 0 aliphatic heterocycles. The summed E-state index contributed by atoms with van der Waals surface area (Å²) in [5.41, 5.74) is -3.92. The molecule has 1 aromatic heterocycles. The van der Waals surface area contributed by atoms with Crippen molar-refractivity contribution >= 4 is 0 Å². The van der Waals surface area contributed by atoms with Crippen molar-refractivity contribution in [2.45, 2.75) is 12.6 Å². The molecule has 16 heavy (non-hydrogen) atoms. The Morgan fingerprint density at radius 1 is 1.38 bits per heavy atom. The second-order valence-electron chi connectivity index (χ2n) is 2.70. The molecule has 0 aliphatic rings. The fourth-order valence-corrected chi connectivity index (χ4v) is 0.981. The molecule has 0 spiro atoms. The summed E-state index contributed by atoms with van der Waals surface area (Å²) in [6, 6.07) is 1.54. The van der Waals surface area contributed by atoms with Gasteiger partial charge in [0.2, 0.25) is 0 Å². The Morgan fingerprint density at radius 2 is 1.94 bits per heavy atom. The van der Waals surface area contributed by atoms with Crippen LogP contribution >= 0.6 is 0 Å². The van der Waals surface area contributed by atoms with Gasteiger partial charge in [-0.25, -0.2) is 13.8 Å². The molecule has 3 nitrogen and oxygen atoms in total. The minimum atomic E-state index is -5.05. The summed E-state index contributed by atoms with van der Waals surface area (Å²) in [6.45, 7) is 0. The lowest BCUT2D eigenvalue weighted by molar-refractivity contribution is -0.142. The lowest BCUT2D eigenvalue weighted by atomic mass is 10.1. The monoisotopic (exact) mass is 238 g/mol. The highest BCUT2D eigenvalue weighted by atomic mass is 19.4. The van der Waals surface area contributed by atoms with Gasteiger partial charge in [-0.3, -0.25) is 0 Å². The molecular formula is C8H3F5N2O. The van der Waals surface area contributed by atoms with E-state index in [0.717, 1.165) is 0 Å². The highest BCUT2D eigenvalue weighted by Gasteiger charge is 2.37. The molecule has 86 valence electrons. The fourth-order valence-electron chi connectivity index (χ4n) is 0.981.